The Bertz CT molecular complexity index is 416. The van der Waals surface area contributed by atoms with Crippen molar-refractivity contribution >= 4 is 0 Å². The minimum Gasteiger partial charge on any atom is -0.489 e. The summed E-state index contributed by atoms with van der Waals surface area (Å²) in [7, 11) is 0. The van der Waals surface area contributed by atoms with Crippen LogP contribution in [-0.2, 0) is 5.11 Å². The first-order chi connectivity index (χ1) is 12.8. The molecular weight excluding hydrogens is 320 g/mol. The SMILES string of the molecule is CCCCCCCCCCCCCCCCCCOc1ccccc1[O]. The van der Waals surface area contributed by atoms with Gasteiger partial charge in [-0.2, -0.15) is 0 Å². The highest BCUT2D eigenvalue weighted by Gasteiger charge is 2.01. The molecule has 2 heteroatoms. The lowest BCUT2D eigenvalue weighted by Gasteiger charge is -2.06. The van der Waals surface area contributed by atoms with E-state index in [9.17, 15) is 5.11 Å². The number of hydrogen-bond acceptors (Lipinski definition) is 1. The van der Waals surface area contributed by atoms with Gasteiger partial charge in [0.1, 0.15) is 0 Å². The second-order valence-corrected chi connectivity index (χ2v) is 7.60. The Kier molecular flexibility index (Phi) is 15.2. The predicted octanol–water partition coefficient (Wildman–Crippen LogP) is 8.47. The van der Waals surface area contributed by atoms with E-state index in [0.29, 0.717) is 12.4 Å². The molecule has 1 radical (unpaired) electrons. The summed E-state index contributed by atoms with van der Waals surface area (Å²) in [5, 5.41) is 11.5. The summed E-state index contributed by atoms with van der Waals surface area (Å²) in [6, 6.07) is 6.92. The Hall–Kier alpha value is -1.18. The average molecular weight is 362 g/mol. The fourth-order valence-corrected chi connectivity index (χ4v) is 3.40. The van der Waals surface area contributed by atoms with Crippen molar-refractivity contribution < 1.29 is 9.84 Å². The molecule has 0 amide bonds. The van der Waals surface area contributed by atoms with E-state index >= 15 is 0 Å². The Morgan fingerprint density at radius 1 is 0.615 bits per heavy atom. The molecule has 26 heavy (non-hydrogen) atoms. The lowest BCUT2D eigenvalue weighted by atomic mass is 10.0. The van der Waals surface area contributed by atoms with Crippen molar-refractivity contribution in [3.8, 4) is 11.5 Å². The van der Waals surface area contributed by atoms with E-state index in [1.165, 1.54) is 96.3 Å². The van der Waals surface area contributed by atoms with Crippen molar-refractivity contribution in [2.75, 3.05) is 6.61 Å². The normalized spacial score (nSPS) is 11.0. The number of benzene rings is 1. The molecule has 149 valence electrons. The second kappa shape index (κ2) is 17.2. The summed E-state index contributed by atoms with van der Waals surface area (Å²) in [5.41, 5.74) is 0. The topological polar surface area (TPSA) is 29.1 Å². The van der Waals surface area contributed by atoms with Crippen LogP contribution in [0.1, 0.15) is 110 Å². The van der Waals surface area contributed by atoms with E-state index in [1.807, 2.05) is 6.07 Å². The molecule has 0 N–H and O–H groups in total. The summed E-state index contributed by atoms with van der Waals surface area (Å²) >= 11 is 0. The van der Waals surface area contributed by atoms with Gasteiger partial charge in [0.25, 0.3) is 0 Å². The van der Waals surface area contributed by atoms with Crippen LogP contribution in [0.3, 0.4) is 0 Å². The monoisotopic (exact) mass is 361 g/mol. The summed E-state index contributed by atoms with van der Waals surface area (Å²) in [6.07, 6.45) is 21.9. The minimum atomic E-state index is -0.0102. The van der Waals surface area contributed by atoms with E-state index in [1.54, 1.807) is 18.2 Å². The summed E-state index contributed by atoms with van der Waals surface area (Å²) in [5.74, 6) is 0.484. The zero-order valence-electron chi connectivity index (χ0n) is 17.1. The summed E-state index contributed by atoms with van der Waals surface area (Å²) in [6.45, 7) is 2.95. The van der Waals surface area contributed by atoms with Crippen molar-refractivity contribution in [3.63, 3.8) is 0 Å². The van der Waals surface area contributed by atoms with Crippen molar-refractivity contribution in [1.82, 2.24) is 0 Å². The molecule has 0 fully saturated rings. The van der Waals surface area contributed by atoms with Gasteiger partial charge in [0.15, 0.2) is 5.75 Å². The molecule has 0 atom stereocenters. The van der Waals surface area contributed by atoms with Crippen LogP contribution in [0.2, 0.25) is 0 Å². The molecule has 1 aromatic rings. The highest BCUT2D eigenvalue weighted by Crippen LogP contribution is 2.25. The third-order valence-corrected chi connectivity index (χ3v) is 5.10. The van der Waals surface area contributed by atoms with Crippen molar-refractivity contribution in [2.45, 2.75) is 110 Å². The first-order valence-corrected chi connectivity index (χ1v) is 11.2. The van der Waals surface area contributed by atoms with E-state index in [0.717, 1.165) is 6.42 Å². The number of rotatable bonds is 18. The molecule has 0 spiro atoms. The lowest BCUT2D eigenvalue weighted by molar-refractivity contribution is 0.269. The second-order valence-electron chi connectivity index (χ2n) is 7.60. The Labute approximate surface area is 162 Å². The van der Waals surface area contributed by atoms with Crippen LogP contribution in [0.25, 0.3) is 0 Å². The number of hydrogen-bond donors (Lipinski definition) is 0. The zero-order valence-corrected chi connectivity index (χ0v) is 17.1. The standard InChI is InChI=1S/C24H41O2/c1-2-3-4-5-6-7-8-9-10-11-12-13-14-15-16-19-22-26-24-21-18-17-20-23(24)25/h17-18,20-21H,2-16,19,22H2,1H3. The maximum absolute atomic E-state index is 11.5. The van der Waals surface area contributed by atoms with Crippen LogP contribution in [-0.4, -0.2) is 6.61 Å². The van der Waals surface area contributed by atoms with Gasteiger partial charge in [-0.3, -0.25) is 5.11 Å². The largest absolute Gasteiger partial charge is 0.489 e. The van der Waals surface area contributed by atoms with Crippen molar-refractivity contribution in [2.24, 2.45) is 0 Å². The van der Waals surface area contributed by atoms with E-state index in [-0.39, 0.29) is 5.75 Å². The Morgan fingerprint density at radius 2 is 1.04 bits per heavy atom. The van der Waals surface area contributed by atoms with Gasteiger partial charge >= 0.3 is 0 Å². The summed E-state index contributed by atoms with van der Waals surface area (Å²) in [4.78, 5) is 0. The molecule has 2 nitrogen and oxygen atoms in total. The molecular formula is C24H41O2. The molecule has 0 saturated carbocycles. The van der Waals surface area contributed by atoms with Crippen LogP contribution >= 0.6 is 0 Å². The molecule has 1 rings (SSSR count). The van der Waals surface area contributed by atoms with Crippen molar-refractivity contribution in [1.29, 1.82) is 0 Å². The first kappa shape index (κ1) is 22.9. The van der Waals surface area contributed by atoms with Gasteiger partial charge in [-0.05, 0) is 18.6 Å². The van der Waals surface area contributed by atoms with Crippen LogP contribution in [0.5, 0.6) is 11.5 Å². The zero-order chi connectivity index (χ0) is 18.7. The van der Waals surface area contributed by atoms with E-state index < -0.39 is 0 Å². The number of para-hydroxylation sites is 2. The molecule has 0 aliphatic rings. The fourth-order valence-electron chi connectivity index (χ4n) is 3.40. The number of unbranched alkanes of at least 4 members (excludes halogenated alkanes) is 15. The Balaban J connectivity index is 1.74. The smallest absolute Gasteiger partial charge is 0.220 e. The van der Waals surface area contributed by atoms with Crippen LogP contribution in [0.4, 0.5) is 0 Å². The first-order valence-electron chi connectivity index (χ1n) is 11.2. The average Bonchev–Trinajstić information content (AvgIpc) is 2.65. The van der Waals surface area contributed by atoms with Gasteiger partial charge in [-0.15, -0.1) is 0 Å². The number of ether oxygens (including phenoxy) is 1. The molecule has 0 aliphatic heterocycles. The van der Waals surface area contributed by atoms with Crippen LogP contribution in [0.15, 0.2) is 24.3 Å². The van der Waals surface area contributed by atoms with Crippen LogP contribution in [0, 0.1) is 0 Å². The molecule has 0 aliphatic carbocycles. The van der Waals surface area contributed by atoms with Gasteiger partial charge in [-0.1, -0.05) is 115 Å². The predicted molar refractivity (Wildman–Crippen MR) is 112 cm³/mol. The minimum absolute atomic E-state index is 0.0102. The van der Waals surface area contributed by atoms with E-state index in [4.69, 9.17) is 4.74 Å². The Morgan fingerprint density at radius 3 is 1.50 bits per heavy atom. The van der Waals surface area contributed by atoms with Gasteiger partial charge in [-0.25, -0.2) is 0 Å². The molecule has 0 unspecified atom stereocenters. The molecule has 0 aromatic heterocycles. The van der Waals surface area contributed by atoms with Gasteiger partial charge in [0.05, 0.1) is 6.61 Å². The molecule has 0 saturated heterocycles. The van der Waals surface area contributed by atoms with Gasteiger partial charge < -0.3 is 4.74 Å². The van der Waals surface area contributed by atoms with Crippen LogP contribution < -0.4 is 4.74 Å². The van der Waals surface area contributed by atoms with Gasteiger partial charge in [0.2, 0.25) is 5.75 Å². The maximum Gasteiger partial charge on any atom is 0.220 e. The van der Waals surface area contributed by atoms with Gasteiger partial charge in [0, 0.05) is 0 Å². The molecule has 0 heterocycles. The van der Waals surface area contributed by atoms with Crippen molar-refractivity contribution in [3.05, 3.63) is 24.3 Å². The highest BCUT2D eigenvalue weighted by molar-refractivity contribution is 5.37. The summed E-state index contributed by atoms with van der Waals surface area (Å²) < 4.78 is 5.54. The highest BCUT2D eigenvalue weighted by atomic mass is 16.5. The third-order valence-electron chi connectivity index (χ3n) is 5.10. The third kappa shape index (κ3) is 13.1. The lowest BCUT2D eigenvalue weighted by Crippen LogP contribution is -1.97. The molecule has 1 aromatic carbocycles. The van der Waals surface area contributed by atoms with E-state index in [2.05, 4.69) is 6.92 Å². The fraction of sp³-hybridized carbons (Fsp3) is 0.750. The quantitative estimate of drug-likeness (QED) is 0.241. The maximum atomic E-state index is 11.5. The molecule has 0 bridgehead atoms.